The van der Waals surface area contributed by atoms with E-state index in [1.165, 1.54) is 12.1 Å². The molecule has 2 aliphatic heterocycles. The number of hydrogen-bond donors (Lipinski definition) is 1. The van der Waals surface area contributed by atoms with Crippen molar-refractivity contribution in [3.05, 3.63) is 39.4 Å². The summed E-state index contributed by atoms with van der Waals surface area (Å²) in [6.45, 7) is 8.01. The van der Waals surface area contributed by atoms with Gasteiger partial charge in [0.05, 0.1) is 16.1 Å². The number of hydrogen-bond acceptors (Lipinski definition) is 5. The SMILES string of the molecule is CC1(C)CC2CC(C)(CN2C(=O)NCCCN2C(=O)c3ccc([N+](=O)[O-])cc3C2=O)C1. The summed E-state index contributed by atoms with van der Waals surface area (Å²) in [7, 11) is 0. The molecule has 0 radical (unpaired) electrons. The molecule has 1 saturated heterocycles. The van der Waals surface area contributed by atoms with Gasteiger partial charge in [-0.1, -0.05) is 20.8 Å². The molecule has 1 N–H and O–H groups in total. The van der Waals surface area contributed by atoms with Crippen molar-refractivity contribution in [1.29, 1.82) is 0 Å². The standard InChI is InChI=1S/C22H28N4O5/c1-21(2)10-15-11-22(3,12-21)13-25(15)20(29)23-7-4-8-24-18(27)16-6-5-14(26(30)31)9-17(16)19(24)28/h5-6,9,15H,4,7-8,10-13H2,1-3H3,(H,23,29). The number of nitrogens with zero attached hydrogens (tertiary/aromatic N) is 3. The van der Waals surface area contributed by atoms with Crippen LogP contribution in [0.15, 0.2) is 18.2 Å². The third kappa shape index (κ3) is 3.88. The molecular formula is C22H28N4O5. The lowest BCUT2D eigenvalue weighted by molar-refractivity contribution is -0.384. The van der Waals surface area contributed by atoms with Crippen LogP contribution in [0.3, 0.4) is 0 Å². The number of urea groups is 1. The van der Waals surface area contributed by atoms with Gasteiger partial charge in [0.25, 0.3) is 17.5 Å². The maximum Gasteiger partial charge on any atom is 0.317 e. The van der Waals surface area contributed by atoms with Gasteiger partial charge >= 0.3 is 6.03 Å². The molecule has 0 spiro atoms. The molecule has 4 amide bonds. The van der Waals surface area contributed by atoms with Gasteiger partial charge in [-0.05, 0) is 42.6 Å². The van der Waals surface area contributed by atoms with Crippen molar-refractivity contribution in [2.24, 2.45) is 10.8 Å². The zero-order valence-electron chi connectivity index (χ0n) is 18.1. The minimum atomic E-state index is -0.592. The van der Waals surface area contributed by atoms with Crippen LogP contribution in [0.25, 0.3) is 0 Å². The number of benzene rings is 1. The maximum absolute atomic E-state index is 12.7. The summed E-state index contributed by atoms with van der Waals surface area (Å²) in [6, 6.07) is 3.85. The molecule has 4 rings (SSSR count). The van der Waals surface area contributed by atoms with Gasteiger partial charge in [-0.15, -0.1) is 0 Å². The third-order valence-electron chi connectivity index (χ3n) is 6.68. The van der Waals surface area contributed by atoms with Gasteiger partial charge in [0.2, 0.25) is 0 Å². The molecule has 0 aromatic heterocycles. The maximum atomic E-state index is 12.7. The molecule has 9 heteroatoms. The second kappa shape index (κ2) is 7.32. The summed E-state index contributed by atoms with van der Waals surface area (Å²) in [5.74, 6) is -0.983. The molecule has 1 aromatic carbocycles. The van der Waals surface area contributed by atoms with E-state index >= 15 is 0 Å². The van der Waals surface area contributed by atoms with E-state index in [-0.39, 0.29) is 46.3 Å². The van der Waals surface area contributed by atoms with Crippen LogP contribution in [0.5, 0.6) is 0 Å². The topological polar surface area (TPSA) is 113 Å². The summed E-state index contributed by atoms with van der Waals surface area (Å²) in [4.78, 5) is 51.1. The molecule has 1 saturated carbocycles. The van der Waals surface area contributed by atoms with E-state index in [1.807, 2.05) is 4.90 Å². The molecule has 2 atom stereocenters. The van der Waals surface area contributed by atoms with Crippen LogP contribution in [-0.4, -0.2) is 58.2 Å². The fraction of sp³-hybridized carbons (Fsp3) is 0.591. The number of non-ortho nitro benzene ring substituents is 1. The summed E-state index contributed by atoms with van der Waals surface area (Å²) >= 11 is 0. The Morgan fingerprint density at radius 2 is 1.90 bits per heavy atom. The smallest absolute Gasteiger partial charge is 0.317 e. The fourth-order valence-corrected chi connectivity index (χ4v) is 5.83. The number of carbonyl (C=O) groups is 3. The normalized spacial score (nSPS) is 26.2. The van der Waals surface area contributed by atoms with E-state index < -0.39 is 16.7 Å². The summed E-state index contributed by atoms with van der Waals surface area (Å²) < 4.78 is 0. The van der Waals surface area contributed by atoms with Crippen molar-refractivity contribution in [1.82, 2.24) is 15.1 Å². The number of amides is 4. The lowest BCUT2D eigenvalue weighted by atomic mass is 9.65. The number of nitro benzene ring substituents is 1. The highest BCUT2D eigenvalue weighted by Gasteiger charge is 2.51. The van der Waals surface area contributed by atoms with E-state index in [2.05, 4.69) is 26.1 Å². The van der Waals surface area contributed by atoms with Crippen LogP contribution in [-0.2, 0) is 0 Å². The van der Waals surface area contributed by atoms with E-state index in [0.29, 0.717) is 13.0 Å². The Morgan fingerprint density at radius 1 is 1.19 bits per heavy atom. The number of likely N-dealkylation sites (tertiary alicyclic amines) is 1. The minimum Gasteiger partial charge on any atom is -0.338 e. The van der Waals surface area contributed by atoms with Gasteiger partial charge in [0, 0.05) is 37.8 Å². The molecule has 2 bridgehead atoms. The molecule has 1 aromatic rings. The zero-order chi connectivity index (χ0) is 22.6. The molecule has 2 fully saturated rings. The zero-order valence-corrected chi connectivity index (χ0v) is 18.1. The number of carbonyl (C=O) groups excluding carboxylic acids is 3. The summed E-state index contributed by atoms with van der Waals surface area (Å²) in [6.07, 6.45) is 3.56. The van der Waals surface area contributed by atoms with Crippen molar-refractivity contribution in [2.75, 3.05) is 19.6 Å². The van der Waals surface area contributed by atoms with Gasteiger partial charge in [-0.25, -0.2) is 4.79 Å². The number of fused-ring (bicyclic) bond motifs is 3. The largest absolute Gasteiger partial charge is 0.338 e. The first-order valence-corrected chi connectivity index (χ1v) is 10.7. The monoisotopic (exact) mass is 428 g/mol. The number of nitro groups is 1. The Balaban J connectivity index is 1.30. The summed E-state index contributed by atoms with van der Waals surface area (Å²) in [5, 5.41) is 13.9. The number of rotatable bonds is 5. The van der Waals surface area contributed by atoms with Gasteiger partial charge in [-0.2, -0.15) is 0 Å². The number of nitrogens with one attached hydrogen (secondary N) is 1. The fourth-order valence-electron chi connectivity index (χ4n) is 5.83. The van der Waals surface area contributed by atoms with E-state index in [0.717, 1.165) is 36.8 Å². The van der Waals surface area contributed by atoms with Gasteiger partial charge in [-0.3, -0.25) is 24.6 Å². The highest BCUT2D eigenvalue weighted by Crippen LogP contribution is 2.52. The van der Waals surface area contributed by atoms with Crippen LogP contribution >= 0.6 is 0 Å². The molecule has 9 nitrogen and oxygen atoms in total. The first-order valence-electron chi connectivity index (χ1n) is 10.7. The van der Waals surface area contributed by atoms with Crippen LogP contribution in [0.1, 0.15) is 67.2 Å². The molecule has 2 heterocycles. The average molecular weight is 428 g/mol. The molecular weight excluding hydrogens is 400 g/mol. The second-order valence-corrected chi connectivity index (χ2v) is 10.2. The highest BCUT2D eigenvalue weighted by atomic mass is 16.6. The van der Waals surface area contributed by atoms with Crippen molar-refractivity contribution in [2.45, 2.75) is 52.5 Å². The molecule has 1 aliphatic carbocycles. The Hall–Kier alpha value is -2.97. The minimum absolute atomic E-state index is 0.0587. The quantitative estimate of drug-likeness (QED) is 0.335. The van der Waals surface area contributed by atoms with Crippen LogP contribution in [0.2, 0.25) is 0 Å². The van der Waals surface area contributed by atoms with Crippen LogP contribution in [0, 0.1) is 20.9 Å². The highest BCUT2D eigenvalue weighted by molar-refractivity contribution is 6.21. The Bertz CT molecular complexity index is 975. The van der Waals surface area contributed by atoms with Gasteiger partial charge in [0.1, 0.15) is 0 Å². The lowest BCUT2D eigenvalue weighted by Gasteiger charge is -2.39. The van der Waals surface area contributed by atoms with Crippen molar-refractivity contribution < 1.29 is 19.3 Å². The molecule has 166 valence electrons. The number of imide groups is 1. The Morgan fingerprint density at radius 3 is 2.61 bits per heavy atom. The van der Waals surface area contributed by atoms with Crippen molar-refractivity contribution in [3.8, 4) is 0 Å². The molecule has 3 aliphatic rings. The summed E-state index contributed by atoms with van der Waals surface area (Å²) in [5.41, 5.74) is 0.407. The van der Waals surface area contributed by atoms with E-state index in [4.69, 9.17) is 0 Å². The first-order chi connectivity index (χ1) is 14.5. The molecule has 2 unspecified atom stereocenters. The predicted molar refractivity (Wildman–Crippen MR) is 113 cm³/mol. The van der Waals surface area contributed by atoms with Gasteiger partial charge in [0.15, 0.2) is 0 Å². The lowest BCUT2D eigenvalue weighted by Crippen LogP contribution is -2.44. The average Bonchev–Trinajstić information content (AvgIpc) is 3.07. The second-order valence-electron chi connectivity index (χ2n) is 10.2. The van der Waals surface area contributed by atoms with Crippen molar-refractivity contribution in [3.63, 3.8) is 0 Å². The van der Waals surface area contributed by atoms with E-state index in [1.54, 1.807) is 0 Å². The van der Waals surface area contributed by atoms with Crippen molar-refractivity contribution >= 4 is 23.5 Å². The third-order valence-corrected chi connectivity index (χ3v) is 6.68. The predicted octanol–water partition coefficient (Wildman–Crippen LogP) is 3.19. The Kier molecular flexibility index (Phi) is 5.02. The molecule has 31 heavy (non-hydrogen) atoms. The van der Waals surface area contributed by atoms with Crippen LogP contribution < -0.4 is 5.32 Å². The van der Waals surface area contributed by atoms with Gasteiger partial charge < -0.3 is 10.2 Å². The van der Waals surface area contributed by atoms with Crippen LogP contribution in [0.4, 0.5) is 10.5 Å². The first kappa shape index (κ1) is 21.3. The Labute approximate surface area is 180 Å². The van der Waals surface area contributed by atoms with E-state index in [9.17, 15) is 24.5 Å².